The van der Waals surface area contributed by atoms with Gasteiger partial charge in [0.1, 0.15) is 0 Å². The molecule has 1 saturated heterocycles. The summed E-state index contributed by atoms with van der Waals surface area (Å²) in [4.78, 5) is 18.2. The Morgan fingerprint density at radius 3 is 2.71 bits per heavy atom. The fourth-order valence-corrected chi connectivity index (χ4v) is 2.07. The Balaban J connectivity index is 2.30. The van der Waals surface area contributed by atoms with Crippen molar-refractivity contribution in [3.63, 3.8) is 0 Å². The fourth-order valence-electron chi connectivity index (χ4n) is 1.70. The van der Waals surface area contributed by atoms with Crippen LogP contribution in [0.3, 0.4) is 0 Å². The molecular weight excluding hydrogens is 244 g/mol. The Kier molecular flexibility index (Phi) is 3.41. The standard InChI is InChI=1S/C10H14N2O4S/c1-10(15-3-4-16-10)5-6-7(13)11-9(17-2)12-8(6)14/h3-5H2,1-2H3,(H2,11,12,13,14). The van der Waals surface area contributed by atoms with Gasteiger partial charge in [-0.25, -0.2) is 0 Å². The highest BCUT2D eigenvalue weighted by Gasteiger charge is 2.33. The van der Waals surface area contributed by atoms with Crippen molar-refractivity contribution in [1.29, 1.82) is 0 Å². The first-order valence-electron chi connectivity index (χ1n) is 5.18. The van der Waals surface area contributed by atoms with Gasteiger partial charge >= 0.3 is 0 Å². The van der Waals surface area contributed by atoms with Crippen LogP contribution in [-0.2, 0) is 15.9 Å². The number of nitrogens with zero attached hydrogens (tertiary/aromatic N) is 1. The van der Waals surface area contributed by atoms with Crippen LogP contribution >= 0.6 is 11.8 Å². The molecule has 1 aromatic heterocycles. The first kappa shape index (κ1) is 12.4. The molecule has 1 aromatic rings. The third-order valence-electron chi connectivity index (χ3n) is 2.56. The molecule has 1 aliphatic heterocycles. The summed E-state index contributed by atoms with van der Waals surface area (Å²) in [5.74, 6) is -1.12. The van der Waals surface area contributed by atoms with Crippen molar-refractivity contribution in [3.05, 3.63) is 15.9 Å². The highest BCUT2D eigenvalue weighted by atomic mass is 32.2. The molecule has 0 spiro atoms. The summed E-state index contributed by atoms with van der Waals surface area (Å²) in [7, 11) is 0. The topological polar surface area (TPSA) is 84.4 Å². The molecule has 2 heterocycles. The van der Waals surface area contributed by atoms with Crippen molar-refractivity contribution in [3.8, 4) is 5.88 Å². The molecule has 0 unspecified atom stereocenters. The van der Waals surface area contributed by atoms with E-state index in [1.165, 1.54) is 11.8 Å². The van der Waals surface area contributed by atoms with E-state index in [1.54, 1.807) is 13.2 Å². The minimum absolute atomic E-state index is 0.176. The molecule has 0 bridgehead atoms. The van der Waals surface area contributed by atoms with Crippen LogP contribution in [-0.4, -0.2) is 40.3 Å². The summed E-state index contributed by atoms with van der Waals surface area (Å²) in [5, 5.41) is 10.1. The van der Waals surface area contributed by atoms with Crippen LogP contribution in [0.2, 0.25) is 0 Å². The lowest BCUT2D eigenvalue weighted by Gasteiger charge is -2.21. The average molecular weight is 258 g/mol. The first-order valence-corrected chi connectivity index (χ1v) is 6.40. The molecule has 2 N–H and O–H groups in total. The molecule has 0 atom stereocenters. The minimum atomic E-state index is -0.854. The van der Waals surface area contributed by atoms with Gasteiger partial charge in [0.05, 0.1) is 18.8 Å². The summed E-state index contributed by atoms with van der Waals surface area (Å²) in [5.41, 5.74) is -0.172. The predicted molar refractivity (Wildman–Crippen MR) is 62.3 cm³/mol. The van der Waals surface area contributed by atoms with Gasteiger partial charge in [0.15, 0.2) is 10.9 Å². The van der Waals surface area contributed by atoms with Gasteiger partial charge in [-0.3, -0.25) is 4.79 Å². The van der Waals surface area contributed by atoms with Crippen LogP contribution in [0.5, 0.6) is 5.88 Å². The van der Waals surface area contributed by atoms with Gasteiger partial charge < -0.3 is 19.6 Å². The highest BCUT2D eigenvalue weighted by Crippen LogP contribution is 2.25. The molecular formula is C10H14N2O4S. The smallest absolute Gasteiger partial charge is 0.258 e. The zero-order chi connectivity index (χ0) is 12.5. The molecule has 0 saturated carbocycles. The molecule has 94 valence electrons. The Labute approximate surface area is 102 Å². The maximum absolute atomic E-state index is 11.8. The van der Waals surface area contributed by atoms with E-state index in [-0.39, 0.29) is 23.4 Å². The zero-order valence-electron chi connectivity index (χ0n) is 9.65. The number of aromatic nitrogens is 2. The van der Waals surface area contributed by atoms with Crippen LogP contribution in [0.15, 0.2) is 9.95 Å². The van der Waals surface area contributed by atoms with Crippen LogP contribution in [0.1, 0.15) is 12.5 Å². The van der Waals surface area contributed by atoms with Crippen molar-refractivity contribution >= 4 is 11.8 Å². The number of hydrogen-bond donors (Lipinski definition) is 2. The van der Waals surface area contributed by atoms with Crippen LogP contribution in [0.4, 0.5) is 0 Å². The monoisotopic (exact) mass is 258 g/mol. The molecule has 0 amide bonds. The SMILES string of the molecule is CSc1nc(O)c(CC2(C)OCCO2)c(=O)[nH]1. The van der Waals surface area contributed by atoms with Crippen molar-refractivity contribution in [2.24, 2.45) is 0 Å². The second-order valence-electron chi connectivity index (χ2n) is 3.88. The zero-order valence-corrected chi connectivity index (χ0v) is 10.5. The van der Waals surface area contributed by atoms with Gasteiger partial charge in [-0.05, 0) is 13.2 Å². The van der Waals surface area contributed by atoms with Gasteiger partial charge in [0.25, 0.3) is 5.56 Å². The van der Waals surface area contributed by atoms with Gasteiger partial charge in [-0.15, -0.1) is 0 Å². The first-order chi connectivity index (χ1) is 8.04. The van der Waals surface area contributed by atoms with Crippen LogP contribution < -0.4 is 5.56 Å². The summed E-state index contributed by atoms with van der Waals surface area (Å²) in [6, 6.07) is 0. The molecule has 0 radical (unpaired) electrons. The van der Waals surface area contributed by atoms with Crippen molar-refractivity contribution in [2.75, 3.05) is 19.5 Å². The van der Waals surface area contributed by atoms with E-state index in [9.17, 15) is 9.90 Å². The molecule has 7 heteroatoms. The number of H-pyrrole nitrogens is 1. The number of ether oxygens (including phenoxy) is 2. The quantitative estimate of drug-likeness (QED) is 0.607. The lowest BCUT2D eigenvalue weighted by Crippen LogP contribution is -2.32. The van der Waals surface area contributed by atoms with Crippen LogP contribution in [0.25, 0.3) is 0 Å². The number of nitrogens with one attached hydrogen (secondary N) is 1. The van der Waals surface area contributed by atoms with E-state index < -0.39 is 5.79 Å². The van der Waals surface area contributed by atoms with E-state index in [1.807, 2.05) is 0 Å². The van der Waals surface area contributed by atoms with E-state index in [0.29, 0.717) is 18.4 Å². The lowest BCUT2D eigenvalue weighted by molar-refractivity contribution is -0.140. The van der Waals surface area contributed by atoms with Crippen molar-refractivity contribution in [2.45, 2.75) is 24.3 Å². The van der Waals surface area contributed by atoms with Crippen LogP contribution in [0, 0.1) is 0 Å². The normalized spacial score (nSPS) is 18.5. The molecule has 1 aliphatic rings. The number of hydrogen-bond acceptors (Lipinski definition) is 6. The second kappa shape index (κ2) is 4.67. The Bertz CT molecular complexity index is 468. The molecule has 6 nitrogen and oxygen atoms in total. The van der Waals surface area contributed by atoms with Gasteiger partial charge in [0.2, 0.25) is 5.88 Å². The average Bonchev–Trinajstić information content (AvgIpc) is 2.70. The number of thioether (sulfide) groups is 1. The maximum Gasteiger partial charge on any atom is 0.258 e. The highest BCUT2D eigenvalue weighted by molar-refractivity contribution is 7.98. The predicted octanol–water partition coefficient (Wildman–Crippen LogP) is 0.503. The Morgan fingerprint density at radius 2 is 2.18 bits per heavy atom. The molecule has 0 aromatic carbocycles. The molecule has 1 fully saturated rings. The Hall–Kier alpha value is -1.05. The molecule has 0 aliphatic carbocycles. The van der Waals surface area contributed by atoms with Gasteiger partial charge in [-0.2, -0.15) is 4.98 Å². The fraction of sp³-hybridized carbons (Fsp3) is 0.600. The number of aromatic amines is 1. The summed E-state index contributed by atoms with van der Waals surface area (Å²) in [6.07, 6.45) is 1.94. The molecule has 17 heavy (non-hydrogen) atoms. The summed E-state index contributed by atoms with van der Waals surface area (Å²) >= 11 is 1.26. The van der Waals surface area contributed by atoms with E-state index >= 15 is 0 Å². The Morgan fingerprint density at radius 1 is 1.53 bits per heavy atom. The van der Waals surface area contributed by atoms with E-state index in [4.69, 9.17) is 9.47 Å². The second-order valence-corrected chi connectivity index (χ2v) is 4.68. The third kappa shape index (κ3) is 2.62. The summed E-state index contributed by atoms with van der Waals surface area (Å²) in [6.45, 7) is 2.72. The van der Waals surface area contributed by atoms with E-state index in [0.717, 1.165) is 0 Å². The number of aromatic hydroxyl groups is 1. The lowest BCUT2D eigenvalue weighted by atomic mass is 10.1. The van der Waals surface area contributed by atoms with E-state index in [2.05, 4.69) is 9.97 Å². The van der Waals surface area contributed by atoms with Gasteiger partial charge in [-0.1, -0.05) is 11.8 Å². The minimum Gasteiger partial charge on any atom is -0.493 e. The van der Waals surface area contributed by atoms with Crippen molar-refractivity contribution in [1.82, 2.24) is 9.97 Å². The number of rotatable bonds is 3. The van der Waals surface area contributed by atoms with Crippen molar-refractivity contribution < 1.29 is 14.6 Å². The molecule has 2 rings (SSSR count). The maximum atomic E-state index is 11.8. The summed E-state index contributed by atoms with van der Waals surface area (Å²) < 4.78 is 10.8. The third-order valence-corrected chi connectivity index (χ3v) is 3.14. The van der Waals surface area contributed by atoms with Gasteiger partial charge in [0, 0.05) is 6.42 Å². The largest absolute Gasteiger partial charge is 0.493 e.